The molecule has 0 saturated heterocycles. The van der Waals surface area contributed by atoms with Crippen LogP contribution in [0.5, 0.6) is 5.75 Å². The molecule has 0 aliphatic carbocycles. The normalized spacial score (nSPS) is 11.4. The van der Waals surface area contributed by atoms with Crippen molar-refractivity contribution < 1.29 is 17.9 Å². The van der Waals surface area contributed by atoms with Crippen molar-refractivity contribution in [2.75, 3.05) is 7.11 Å². The summed E-state index contributed by atoms with van der Waals surface area (Å²) in [5.41, 5.74) is -1.68. The Hall–Kier alpha value is -3.29. The molecule has 0 unspecified atom stereocenters. The summed E-state index contributed by atoms with van der Waals surface area (Å²) in [6.07, 6.45) is -1.70. The molecule has 0 saturated carbocycles. The van der Waals surface area contributed by atoms with E-state index in [0.717, 1.165) is 16.7 Å². The molecule has 5 nitrogen and oxygen atoms in total. The van der Waals surface area contributed by atoms with Crippen LogP contribution in [-0.2, 0) is 12.7 Å². The first-order valence-electron chi connectivity index (χ1n) is 7.92. The van der Waals surface area contributed by atoms with Crippen LogP contribution in [0, 0.1) is 0 Å². The smallest absolute Gasteiger partial charge is 0.416 e. The second kappa shape index (κ2) is 7.14. The van der Waals surface area contributed by atoms with Crippen LogP contribution in [0.25, 0.3) is 5.69 Å². The van der Waals surface area contributed by atoms with Gasteiger partial charge < -0.3 is 9.30 Å². The summed E-state index contributed by atoms with van der Waals surface area (Å²) in [7, 11) is 1.51. The van der Waals surface area contributed by atoms with E-state index >= 15 is 0 Å². The summed E-state index contributed by atoms with van der Waals surface area (Å²) >= 11 is 0. The third kappa shape index (κ3) is 3.94. The van der Waals surface area contributed by atoms with Crippen molar-refractivity contribution in [3.8, 4) is 11.4 Å². The molecule has 27 heavy (non-hydrogen) atoms. The van der Waals surface area contributed by atoms with Crippen molar-refractivity contribution in [1.29, 1.82) is 0 Å². The van der Waals surface area contributed by atoms with E-state index in [4.69, 9.17) is 4.74 Å². The van der Waals surface area contributed by atoms with Gasteiger partial charge in [-0.1, -0.05) is 12.1 Å². The number of alkyl halides is 3. The minimum Gasteiger partial charge on any atom is -0.497 e. The van der Waals surface area contributed by atoms with Gasteiger partial charge in [0.1, 0.15) is 5.75 Å². The summed E-state index contributed by atoms with van der Waals surface area (Å²) < 4.78 is 45.7. The number of ether oxygens (including phenoxy) is 1. The lowest BCUT2D eigenvalue weighted by Crippen LogP contribution is -2.40. The minimum atomic E-state index is -4.47. The highest BCUT2D eigenvalue weighted by molar-refractivity contribution is 5.37. The Morgan fingerprint density at radius 2 is 1.67 bits per heavy atom. The Morgan fingerprint density at radius 1 is 0.963 bits per heavy atom. The van der Waals surface area contributed by atoms with Crippen LogP contribution in [0.15, 0.2) is 70.5 Å². The summed E-state index contributed by atoms with van der Waals surface area (Å²) in [5.74, 6) is 0.602. The van der Waals surface area contributed by atoms with Gasteiger partial charge in [0.2, 0.25) is 0 Å². The average Bonchev–Trinajstić information content (AvgIpc) is 2.65. The van der Waals surface area contributed by atoms with Gasteiger partial charge >= 0.3 is 17.3 Å². The zero-order chi connectivity index (χ0) is 19.6. The number of aromatic nitrogens is 2. The van der Waals surface area contributed by atoms with Crippen LogP contribution < -0.4 is 15.9 Å². The highest BCUT2D eigenvalue weighted by atomic mass is 19.4. The molecule has 1 aromatic heterocycles. The molecule has 0 bridgehead atoms. The van der Waals surface area contributed by atoms with Crippen molar-refractivity contribution in [3.05, 3.63) is 92.8 Å². The van der Waals surface area contributed by atoms with E-state index in [2.05, 4.69) is 0 Å². The van der Waals surface area contributed by atoms with Gasteiger partial charge in [-0.05, 0) is 42.0 Å². The molecule has 8 heteroatoms. The Labute approximate surface area is 151 Å². The lowest BCUT2D eigenvalue weighted by atomic mass is 10.1. The number of methoxy groups -OCH3 is 1. The zero-order valence-electron chi connectivity index (χ0n) is 14.2. The molecule has 0 radical (unpaired) electrons. The third-order valence-electron chi connectivity index (χ3n) is 4.02. The number of nitrogens with zero attached hydrogens (tertiary/aromatic N) is 2. The molecular weight excluding hydrogens is 361 g/mol. The molecule has 0 atom stereocenters. The molecule has 140 valence electrons. The molecule has 0 amide bonds. The fraction of sp³-hybridized carbons (Fsp3) is 0.158. The van der Waals surface area contributed by atoms with Gasteiger partial charge in [0.25, 0.3) is 0 Å². The van der Waals surface area contributed by atoms with Crippen molar-refractivity contribution in [3.63, 3.8) is 0 Å². The van der Waals surface area contributed by atoms with Crippen molar-refractivity contribution in [2.45, 2.75) is 12.7 Å². The Morgan fingerprint density at radius 3 is 2.30 bits per heavy atom. The summed E-state index contributed by atoms with van der Waals surface area (Å²) in [6, 6.07) is 11.2. The van der Waals surface area contributed by atoms with Crippen LogP contribution in [0.2, 0.25) is 0 Å². The van der Waals surface area contributed by atoms with Crippen LogP contribution >= 0.6 is 0 Å². The van der Waals surface area contributed by atoms with Crippen molar-refractivity contribution >= 4 is 0 Å². The number of hydrogen-bond acceptors (Lipinski definition) is 3. The van der Waals surface area contributed by atoms with Gasteiger partial charge in [-0.15, -0.1) is 0 Å². The lowest BCUT2D eigenvalue weighted by Gasteiger charge is -2.11. The Kier molecular flexibility index (Phi) is 4.89. The molecule has 0 N–H and O–H groups in total. The molecule has 0 aliphatic heterocycles. The second-order valence-electron chi connectivity index (χ2n) is 5.80. The predicted octanol–water partition coefficient (Wildman–Crippen LogP) is 3.07. The van der Waals surface area contributed by atoms with Crippen LogP contribution in [0.3, 0.4) is 0 Å². The van der Waals surface area contributed by atoms with Gasteiger partial charge in [-0.2, -0.15) is 13.2 Å². The molecule has 3 aromatic rings. The molecular formula is C19H15F3N2O3. The maximum Gasteiger partial charge on any atom is 0.416 e. The van der Waals surface area contributed by atoms with Crippen LogP contribution in [0.1, 0.15) is 11.1 Å². The number of hydrogen-bond donors (Lipinski definition) is 0. The second-order valence-corrected chi connectivity index (χ2v) is 5.80. The van der Waals surface area contributed by atoms with Gasteiger partial charge in [0, 0.05) is 18.1 Å². The zero-order valence-corrected chi connectivity index (χ0v) is 14.2. The number of benzene rings is 2. The topological polar surface area (TPSA) is 53.2 Å². The van der Waals surface area contributed by atoms with E-state index in [1.807, 2.05) is 0 Å². The van der Waals surface area contributed by atoms with E-state index in [1.54, 1.807) is 24.3 Å². The molecule has 0 aliphatic rings. The molecule has 3 rings (SSSR count). The predicted molar refractivity (Wildman–Crippen MR) is 93.4 cm³/mol. The minimum absolute atomic E-state index is 0.137. The molecule has 1 heterocycles. The highest BCUT2D eigenvalue weighted by Gasteiger charge is 2.30. The van der Waals surface area contributed by atoms with Crippen molar-refractivity contribution in [2.24, 2.45) is 0 Å². The SMILES string of the molecule is COc1ccc(-n2ccn(Cc3cccc(C(F)(F)F)c3)c(=O)c2=O)cc1. The first-order chi connectivity index (χ1) is 12.8. The number of halogens is 3. The first kappa shape index (κ1) is 18.5. The quantitative estimate of drug-likeness (QED) is 0.658. The summed E-state index contributed by atoms with van der Waals surface area (Å²) in [4.78, 5) is 24.7. The largest absolute Gasteiger partial charge is 0.497 e. The third-order valence-corrected chi connectivity index (χ3v) is 4.02. The van der Waals surface area contributed by atoms with E-state index in [9.17, 15) is 22.8 Å². The monoisotopic (exact) mass is 376 g/mol. The fourth-order valence-corrected chi connectivity index (χ4v) is 2.62. The number of rotatable bonds is 4. The van der Waals surface area contributed by atoms with Gasteiger partial charge in [-0.3, -0.25) is 14.2 Å². The molecule has 0 spiro atoms. The van der Waals surface area contributed by atoms with E-state index in [1.165, 1.54) is 36.2 Å². The maximum atomic E-state index is 12.8. The van der Waals surface area contributed by atoms with E-state index in [0.29, 0.717) is 11.4 Å². The summed E-state index contributed by atoms with van der Waals surface area (Å²) in [5, 5.41) is 0. The summed E-state index contributed by atoms with van der Waals surface area (Å²) in [6.45, 7) is -0.137. The van der Waals surface area contributed by atoms with E-state index in [-0.39, 0.29) is 12.1 Å². The average molecular weight is 376 g/mol. The van der Waals surface area contributed by atoms with E-state index < -0.39 is 22.9 Å². The molecule has 2 aromatic carbocycles. The maximum absolute atomic E-state index is 12.8. The Balaban J connectivity index is 1.94. The van der Waals surface area contributed by atoms with Crippen LogP contribution in [-0.4, -0.2) is 16.2 Å². The van der Waals surface area contributed by atoms with Gasteiger partial charge in [0.05, 0.1) is 19.2 Å². The van der Waals surface area contributed by atoms with Crippen LogP contribution in [0.4, 0.5) is 13.2 Å². The lowest BCUT2D eigenvalue weighted by molar-refractivity contribution is -0.137. The fourth-order valence-electron chi connectivity index (χ4n) is 2.62. The highest BCUT2D eigenvalue weighted by Crippen LogP contribution is 2.29. The van der Waals surface area contributed by atoms with Gasteiger partial charge in [-0.25, -0.2) is 0 Å². The standard InChI is InChI=1S/C19H15F3N2O3/c1-27-16-7-5-15(6-8-16)24-10-9-23(17(25)18(24)26)12-13-3-2-4-14(11-13)19(20,21)22/h2-11H,12H2,1H3. The molecule has 0 fully saturated rings. The Bertz CT molecular complexity index is 1070. The van der Waals surface area contributed by atoms with Gasteiger partial charge in [0.15, 0.2) is 0 Å². The van der Waals surface area contributed by atoms with Crippen molar-refractivity contribution in [1.82, 2.24) is 9.13 Å². The first-order valence-corrected chi connectivity index (χ1v) is 7.92.